The fourth-order valence-corrected chi connectivity index (χ4v) is 6.02. The SMILES string of the molecule is O=[N+]([O-])c1cc([C@H](O)CN(Cc2ccccc2)[C@H](CO)Cc2ccc(Oc3ccnc4cc(C(F)(F)F)ccc34)cc2)ccc1OCc1ccccc1. The van der Waals surface area contributed by atoms with Crippen molar-refractivity contribution in [2.75, 3.05) is 13.2 Å². The van der Waals surface area contributed by atoms with Crippen molar-refractivity contribution in [3.8, 4) is 17.2 Å². The number of aliphatic hydroxyl groups is 2. The standard InChI is InChI=1S/C41H36F3N3O6/c42-41(43,44)32-14-17-35-36(23-32)45-20-19-39(35)53-34-15-11-28(12-16-34)21-33(26-48)46(24-29-7-3-1-4-8-29)25-38(49)31-13-18-40(37(22-31)47(50)51)52-27-30-9-5-2-6-10-30/h1-20,22-23,33,38,48-49H,21,24-27H2/t33-,38+/m0/s1. The maximum atomic E-state index is 13.2. The zero-order valence-electron chi connectivity index (χ0n) is 28.4. The molecule has 1 heterocycles. The number of nitrogens with zero attached hydrogens (tertiary/aromatic N) is 3. The van der Waals surface area contributed by atoms with Crippen LogP contribution in [-0.2, 0) is 25.7 Å². The van der Waals surface area contributed by atoms with Crippen LogP contribution in [0.25, 0.3) is 10.9 Å². The first kappa shape index (κ1) is 37.0. The number of alkyl halides is 3. The molecule has 12 heteroatoms. The van der Waals surface area contributed by atoms with Crippen LogP contribution in [0.5, 0.6) is 17.2 Å². The highest BCUT2D eigenvalue weighted by molar-refractivity contribution is 5.85. The van der Waals surface area contributed by atoms with Crippen LogP contribution >= 0.6 is 0 Å². The van der Waals surface area contributed by atoms with Gasteiger partial charge in [0, 0.05) is 36.8 Å². The number of fused-ring (bicyclic) bond motifs is 1. The van der Waals surface area contributed by atoms with E-state index in [9.17, 15) is 33.5 Å². The van der Waals surface area contributed by atoms with Crippen molar-refractivity contribution >= 4 is 16.6 Å². The molecule has 1 aromatic heterocycles. The Bertz CT molecular complexity index is 2130. The van der Waals surface area contributed by atoms with Gasteiger partial charge in [-0.3, -0.25) is 20.0 Å². The van der Waals surface area contributed by atoms with Gasteiger partial charge in [0.05, 0.1) is 28.7 Å². The van der Waals surface area contributed by atoms with Crippen LogP contribution in [0.3, 0.4) is 0 Å². The van der Waals surface area contributed by atoms with Crippen molar-refractivity contribution in [1.29, 1.82) is 0 Å². The Morgan fingerprint density at radius 2 is 1.51 bits per heavy atom. The quantitative estimate of drug-likeness (QED) is 0.0799. The number of ether oxygens (including phenoxy) is 2. The Balaban J connectivity index is 1.18. The molecule has 5 aromatic carbocycles. The number of hydrogen-bond donors (Lipinski definition) is 2. The maximum Gasteiger partial charge on any atom is 0.416 e. The molecule has 0 radical (unpaired) electrons. The molecule has 0 amide bonds. The number of hydrogen-bond acceptors (Lipinski definition) is 8. The highest BCUT2D eigenvalue weighted by atomic mass is 19.4. The Labute approximate surface area is 303 Å². The van der Waals surface area contributed by atoms with Gasteiger partial charge >= 0.3 is 11.9 Å². The molecule has 0 bridgehead atoms. The number of benzene rings is 5. The van der Waals surface area contributed by atoms with E-state index in [4.69, 9.17) is 9.47 Å². The van der Waals surface area contributed by atoms with Crippen LogP contribution in [0.4, 0.5) is 18.9 Å². The van der Waals surface area contributed by atoms with Gasteiger partial charge in [-0.05, 0) is 71.1 Å². The third-order valence-corrected chi connectivity index (χ3v) is 8.82. The first-order chi connectivity index (χ1) is 25.6. The van der Waals surface area contributed by atoms with Crippen LogP contribution < -0.4 is 9.47 Å². The van der Waals surface area contributed by atoms with Crippen molar-refractivity contribution in [3.63, 3.8) is 0 Å². The van der Waals surface area contributed by atoms with Crippen molar-refractivity contribution in [2.45, 2.75) is 37.9 Å². The molecule has 2 N–H and O–H groups in total. The first-order valence-electron chi connectivity index (χ1n) is 16.8. The van der Waals surface area contributed by atoms with Gasteiger partial charge in [0.2, 0.25) is 0 Å². The van der Waals surface area contributed by atoms with E-state index in [0.717, 1.165) is 28.8 Å². The molecule has 0 saturated heterocycles. The summed E-state index contributed by atoms with van der Waals surface area (Å²) >= 11 is 0. The minimum absolute atomic E-state index is 0.0634. The summed E-state index contributed by atoms with van der Waals surface area (Å²) in [6.45, 7) is 0.351. The highest BCUT2D eigenvalue weighted by Crippen LogP contribution is 2.35. The number of rotatable bonds is 15. The lowest BCUT2D eigenvalue weighted by atomic mass is 10.0. The largest absolute Gasteiger partial charge is 0.482 e. The minimum Gasteiger partial charge on any atom is -0.482 e. The molecule has 0 unspecified atom stereocenters. The average Bonchev–Trinajstić information content (AvgIpc) is 3.16. The summed E-state index contributed by atoms with van der Waals surface area (Å²) in [6.07, 6.45) is -3.84. The lowest BCUT2D eigenvalue weighted by Crippen LogP contribution is -2.41. The smallest absolute Gasteiger partial charge is 0.416 e. The number of pyridine rings is 1. The van der Waals surface area contributed by atoms with E-state index in [-0.39, 0.29) is 36.7 Å². The van der Waals surface area contributed by atoms with E-state index in [1.54, 1.807) is 24.3 Å². The molecular weight excluding hydrogens is 687 g/mol. The van der Waals surface area contributed by atoms with E-state index in [2.05, 4.69) is 4.98 Å². The molecule has 0 aliphatic heterocycles. The summed E-state index contributed by atoms with van der Waals surface area (Å²) in [5, 5.41) is 34.5. The molecule has 0 aliphatic rings. The molecule has 6 aromatic rings. The van der Waals surface area contributed by atoms with Crippen molar-refractivity contribution in [3.05, 3.63) is 172 Å². The lowest BCUT2D eigenvalue weighted by Gasteiger charge is -2.32. The molecule has 0 aliphatic carbocycles. The second kappa shape index (κ2) is 16.7. The van der Waals surface area contributed by atoms with Crippen molar-refractivity contribution < 1.29 is 37.8 Å². The highest BCUT2D eigenvalue weighted by Gasteiger charge is 2.31. The fraction of sp³-hybridized carbons (Fsp3) is 0.195. The zero-order chi connectivity index (χ0) is 37.4. The Kier molecular flexibility index (Phi) is 11.6. The number of nitro groups is 1. The second-order valence-corrected chi connectivity index (χ2v) is 12.5. The molecule has 2 atom stereocenters. The van der Waals surface area contributed by atoms with Gasteiger partial charge in [0.15, 0.2) is 5.75 Å². The van der Waals surface area contributed by atoms with Gasteiger partial charge in [-0.1, -0.05) is 78.9 Å². The predicted octanol–water partition coefficient (Wildman–Crippen LogP) is 8.67. The van der Waals surface area contributed by atoms with Gasteiger partial charge in [0.25, 0.3) is 0 Å². The maximum absolute atomic E-state index is 13.2. The number of nitro benzene ring substituents is 1. The molecule has 272 valence electrons. The second-order valence-electron chi connectivity index (χ2n) is 12.5. The molecule has 9 nitrogen and oxygen atoms in total. The van der Waals surface area contributed by atoms with E-state index in [1.165, 1.54) is 24.4 Å². The van der Waals surface area contributed by atoms with E-state index >= 15 is 0 Å². The van der Waals surface area contributed by atoms with E-state index in [0.29, 0.717) is 35.4 Å². The fourth-order valence-electron chi connectivity index (χ4n) is 6.02. The topological polar surface area (TPSA) is 118 Å². The molecule has 6 rings (SSSR count). The lowest BCUT2D eigenvalue weighted by molar-refractivity contribution is -0.386. The van der Waals surface area contributed by atoms with Gasteiger partial charge < -0.3 is 19.7 Å². The van der Waals surface area contributed by atoms with Crippen LogP contribution in [0.1, 0.15) is 33.9 Å². The summed E-state index contributed by atoms with van der Waals surface area (Å²) < 4.78 is 51.5. The van der Waals surface area contributed by atoms with Gasteiger partial charge in [-0.25, -0.2) is 0 Å². The summed E-state index contributed by atoms with van der Waals surface area (Å²) in [4.78, 5) is 17.5. The van der Waals surface area contributed by atoms with Crippen LogP contribution in [-0.4, -0.2) is 44.2 Å². The summed E-state index contributed by atoms with van der Waals surface area (Å²) in [5.74, 6) is 0.893. The predicted molar refractivity (Wildman–Crippen MR) is 194 cm³/mol. The first-order valence-corrected chi connectivity index (χ1v) is 16.8. The summed E-state index contributed by atoms with van der Waals surface area (Å²) in [5.41, 5.74) is 2.08. The third-order valence-electron chi connectivity index (χ3n) is 8.82. The van der Waals surface area contributed by atoms with Gasteiger partial charge in [0.1, 0.15) is 18.1 Å². The van der Waals surface area contributed by atoms with Crippen molar-refractivity contribution in [1.82, 2.24) is 9.88 Å². The monoisotopic (exact) mass is 723 g/mol. The molecule has 53 heavy (non-hydrogen) atoms. The summed E-state index contributed by atoms with van der Waals surface area (Å²) in [6, 6.07) is 34.8. The van der Waals surface area contributed by atoms with Crippen LogP contribution in [0.15, 0.2) is 134 Å². The molecule has 0 spiro atoms. The van der Waals surface area contributed by atoms with Crippen LogP contribution in [0, 0.1) is 10.1 Å². The Hall–Kier alpha value is -5.82. The molecular formula is C41H36F3N3O6. The van der Waals surface area contributed by atoms with Crippen molar-refractivity contribution in [2.24, 2.45) is 0 Å². The number of aromatic nitrogens is 1. The summed E-state index contributed by atoms with van der Waals surface area (Å²) in [7, 11) is 0. The average molecular weight is 724 g/mol. The molecule has 0 fully saturated rings. The van der Waals surface area contributed by atoms with E-state index < -0.39 is 28.8 Å². The molecule has 0 saturated carbocycles. The minimum atomic E-state index is -4.49. The number of halogens is 3. The number of aliphatic hydroxyl groups excluding tert-OH is 2. The van der Waals surface area contributed by atoms with Gasteiger partial charge in [-0.15, -0.1) is 0 Å². The zero-order valence-corrected chi connectivity index (χ0v) is 28.4. The van der Waals surface area contributed by atoms with E-state index in [1.807, 2.05) is 77.7 Å². The normalized spacial score (nSPS) is 12.8. The third kappa shape index (κ3) is 9.54. The van der Waals surface area contributed by atoms with Gasteiger partial charge in [-0.2, -0.15) is 13.2 Å². The Morgan fingerprint density at radius 1 is 0.811 bits per heavy atom. The van der Waals surface area contributed by atoms with Crippen LogP contribution in [0.2, 0.25) is 0 Å². The Morgan fingerprint density at radius 3 is 2.17 bits per heavy atom.